The third kappa shape index (κ3) is 3.91. The maximum Gasteiger partial charge on any atom is 0.352 e. The molecule has 10 nitrogen and oxygen atoms in total. The predicted molar refractivity (Wildman–Crippen MR) is 114 cm³/mol. The van der Waals surface area contributed by atoms with Crippen molar-refractivity contribution in [2.24, 2.45) is 7.05 Å². The average molecular weight is 467 g/mol. The lowest BCUT2D eigenvalue weighted by molar-refractivity contribution is -0.150. The first-order chi connectivity index (χ1) is 14.3. The lowest BCUT2D eigenvalue weighted by atomic mass is 10.0. The first-order valence-corrected chi connectivity index (χ1v) is 11.8. The molecule has 1 saturated heterocycles. The van der Waals surface area contributed by atoms with Gasteiger partial charge in [-0.3, -0.25) is 14.5 Å². The molecule has 0 aliphatic carbocycles. The summed E-state index contributed by atoms with van der Waals surface area (Å²) in [6.45, 7) is 0. The number of hydrogen-bond donors (Lipinski definition) is 3. The van der Waals surface area contributed by atoms with Gasteiger partial charge in [-0.15, -0.1) is 23.1 Å². The quantitative estimate of drug-likeness (QED) is 0.393. The minimum absolute atomic E-state index is 0.00299. The molecule has 2 aliphatic heterocycles. The Balaban J connectivity index is 1.44. The van der Waals surface area contributed by atoms with Crippen LogP contribution in [0.15, 0.2) is 34.2 Å². The summed E-state index contributed by atoms with van der Waals surface area (Å²) in [5.74, 6) is -1.04. The van der Waals surface area contributed by atoms with Crippen LogP contribution in [0.2, 0.25) is 0 Å². The van der Waals surface area contributed by atoms with Crippen molar-refractivity contribution in [2.75, 3.05) is 17.2 Å². The van der Waals surface area contributed by atoms with Gasteiger partial charge in [-0.1, -0.05) is 11.8 Å². The van der Waals surface area contributed by atoms with E-state index in [2.05, 4.69) is 15.3 Å². The van der Waals surface area contributed by atoms with Crippen LogP contribution in [-0.4, -0.2) is 65.2 Å². The maximum atomic E-state index is 12.7. The Morgan fingerprint density at radius 2 is 2.27 bits per heavy atom. The van der Waals surface area contributed by atoms with Crippen molar-refractivity contribution in [2.45, 2.75) is 23.0 Å². The Labute approximate surface area is 183 Å². The van der Waals surface area contributed by atoms with Crippen LogP contribution in [0.5, 0.6) is 0 Å². The number of thioether (sulfide) groups is 2. The van der Waals surface area contributed by atoms with Crippen molar-refractivity contribution in [1.82, 2.24) is 24.8 Å². The zero-order valence-corrected chi connectivity index (χ0v) is 18.2. The zero-order chi connectivity index (χ0) is 21.4. The standard InChI is InChI=1S/C17H18N6O4S3/c1-22-3-2-19-17(22)30-6-8-5-28-14-11(13(25)23(14)12(8)15(26)27)21-10(24)4-9-7-29-16(18)20-9/h2-3,7,11,14H,4-6H2,1H3,(H2,18,20)(H,21,24)(H,26,27)/t11?,14-/m0/s1. The minimum atomic E-state index is -1.15. The Morgan fingerprint density at radius 3 is 2.90 bits per heavy atom. The molecule has 13 heteroatoms. The highest BCUT2D eigenvalue weighted by molar-refractivity contribution is 8.01. The minimum Gasteiger partial charge on any atom is -0.477 e. The molecule has 2 aromatic heterocycles. The molecule has 2 aliphatic rings. The van der Waals surface area contributed by atoms with Crippen LogP contribution >= 0.6 is 34.9 Å². The lowest BCUT2D eigenvalue weighted by Gasteiger charge is -2.49. The maximum absolute atomic E-state index is 12.7. The smallest absolute Gasteiger partial charge is 0.352 e. The summed E-state index contributed by atoms with van der Waals surface area (Å²) in [5, 5.41) is 14.8. The van der Waals surface area contributed by atoms with Gasteiger partial charge in [0, 0.05) is 36.3 Å². The molecule has 4 rings (SSSR count). The molecule has 0 radical (unpaired) electrons. The highest BCUT2D eigenvalue weighted by Gasteiger charge is 2.54. The van der Waals surface area contributed by atoms with E-state index in [0.717, 1.165) is 5.16 Å². The van der Waals surface area contributed by atoms with Crippen LogP contribution in [-0.2, 0) is 27.9 Å². The first kappa shape index (κ1) is 20.8. The summed E-state index contributed by atoms with van der Waals surface area (Å²) in [6.07, 6.45) is 3.50. The SMILES string of the molecule is Cn1ccnc1SCC1=C(C(=O)O)N2C(=O)C(NC(=O)Cc3csc(N)n3)[C@@H]2SC1. The molecule has 4 heterocycles. The molecule has 1 unspecified atom stereocenters. The van der Waals surface area contributed by atoms with Crippen molar-refractivity contribution in [3.05, 3.63) is 34.7 Å². The van der Waals surface area contributed by atoms with Crippen LogP contribution in [0, 0.1) is 0 Å². The number of β-lactam (4-membered cyclic amide) rings is 1. The van der Waals surface area contributed by atoms with Crippen molar-refractivity contribution in [3.8, 4) is 0 Å². The van der Waals surface area contributed by atoms with Gasteiger partial charge in [-0.2, -0.15) is 0 Å². The molecule has 2 atom stereocenters. The summed E-state index contributed by atoms with van der Waals surface area (Å²) in [7, 11) is 1.86. The molecular formula is C17H18N6O4S3. The monoisotopic (exact) mass is 466 g/mol. The van der Waals surface area contributed by atoms with Gasteiger partial charge in [0.05, 0.1) is 12.1 Å². The second-order valence-corrected chi connectivity index (χ2v) is 9.61. The van der Waals surface area contributed by atoms with Gasteiger partial charge in [0.25, 0.3) is 5.91 Å². The van der Waals surface area contributed by atoms with Crippen molar-refractivity contribution in [1.29, 1.82) is 0 Å². The molecule has 0 saturated carbocycles. The summed E-state index contributed by atoms with van der Waals surface area (Å²) < 4.78 is 1.85. The fraction of sp³-hybridized carbons (Fsp3) is 0.353. The number of amides is 2. The number of nitrogens with two attached hydrogens (primary N) is 1. The summed E-state index contributed by atoms with van der Waals surface area (Å²) >= 11 is 4.10. The first-order valence-electron chi connectivity index (χ1n) is 8.84. The fourth-order valence-corrected chi connectivity index (χ4v) is 6.21. The molecule has 30 heavy (non-hydrogen) atoms. The summed E-state index contributed by atoms with van der Waals surface area (Å²) in [6, 6.07) is -0.753. The van der Waals surface area contributed by atoms with E-state index in [1.165, 1.54) is 39.8 Å². The average Bonchev–Trinajstić information content (AvgIpc) is 3.31. The second kappa shape index (κ2) is 8.32. The van der Waals surface area contributed by atoms with Crippen LogP contribution < -0.4 is 11.1 Å². The third-order valence-corrected chi connectivity index (χ3v) is 7.84. The number of hydrogen-bond acceptors (Lipinski definition) is 9. The van der Waals surface area contributed by atoms with Gasteiger partial charge < -0.3 is 20.7 Å². The molecule has 0 bridgehead atoms. The van der Waals surface area contributed by atoms with E-state index in [9.17, 15) is 19.5 Å². The van der Waals surface area contributed by atoms with Gasteiger partial charge in [0.15, 0.2) is 10.3 Å². The van der Waals surface area contributed by atoms with Gasteiger partial charge >= 0.3 is 5.97 Å². The number of carbonyl (C=O) groups is 3. The third-order valence-electron chi connectivity index (χ3n) is 4.63. The van der Waals surface area contributed by atoms with Gasteiger partial charge in [-0.05, 0) is 5.57 Å². The van der Waals surface area contributed by atoms with Gasteiger partial charge in [0.2, 0.25) is 5.91 Å². The van der Waals surface area contributed by atoms with Crippen LogP contribution in [0.3, 0.4) is 0 Å². The largest absolute Gasteiger partial charge is 0.477 e. The normalized spacial score (nSPS) is 20.7. The van der Waals surface area contributed by atoms with Crippen LogP contribution in [0.4, 0.5) is 5.13 Å². The number of nitrogens with one attached hydrogen (secondary N) is 1. The number of fused-ring (bicyclic) bond motifs is 1. The van der Waals surface area contributed by atoms with E-state index in [1.54, 1.807) is 11.6 Å². The number of thiazole rings is 1. The molecule has 2 aromatic rings. The number of aryl methyl sites for hydroxylation is 1. The number of rotatable bonds is 7. The van der Waals surface area contributed by atoms with E-state index in [1.807, 2.05) is 17.8 Å². The molecule has 158 valence electrons. The highest BCUT2D eigenvalue weighted by Crippen LogP contribution is 2.41. The second-order valence-electron chi connectivity index (χ2n) is 6.68. The zero-order valence-electron chi connectivity index (χ0n) is 15.8. The van der Waals surface area contributed by atoms with Crippen LogP contribution in [0.1, 0.15) is 5.69 Å². The van der Waals surface area contributed by atoms with Crippen molar-refractivity contribution in [3.63, 3.8) is 0 Å². The number of imidazole rings is 1. The van der Waals surface area contributed by atoms with Crippen LogP contribution in [0.25, 0.3) is 0 Å². The molecule has 1 fully saturated rings. The number of aromatic nitrogens is 3. The molecular weight excluding hydrogens is 448 g/mol. The Hall–Kier alpha value is -2.51. The highest BCUT2D eigenvalue weighted by atomic mass is 32.2. The Kier molecular flexibility index (Phi) is 5.75. The van der Waals surface area contributed by atoms with E-state index >= 15 is 0 Å². The number of nitrogens with zero attached hydrogens (tertiary/aromatic N) is 4. The molecule has 2 amide bonds. The Bertz CT molecular complexity index is 1050. The number of carboxylic acids is 1. The van der Waals surface area contributed by atoms with E-state index in [4.69, 9.17) is 5.73 Å². The number of carboxylic acid groups (broad SMARTS) is 1. The molecule has 4 N–H and O–H groups in total. The fourth-order valence-electron chi connectivity index (χ4n) is 3.23. The summed E-state index contributed by atoms with van der Waals surface area (Å²) in [4.78, 5) is 46.4. The number of aliphatic carboxylic acids is 1. The molecule has 0 aromatic carbocycles. The number of carbonyl (C=O) groups excluding carboxylic acids is 2. The van der Waals surface area contributed by atoms with E-state index in [0.29, 0.717) is 27.9 Å². The Morgan fingerprint density at radius 1 is 1.47 bits per heavy atom. The lowest BCUT2D eigenvalue weighted by Crippen LogP contribution is -2.70. The van der Waals surface area contributed by atoms with Gasteiger partial charge in [0.1, 0.15) is 17.1 Å². The predicted octanol–water partition coefficient (Wildman–Crippen LogP) is 0.532. The van der Waals surface area contributed by atoms with E-state index < -0.39 is 23.3 Å². The summed E-state index contributed by atoms with van der Waals surface area (Å²) in [5.41, 5.74) is 6.77. The van der Waals surface area contributed by atoms with Crippen molar-refractivity contribution < 1.29 is 19.5 Å². The van der Waals surface area contributed by atoms with Gasteiger partial charge in [-0.25, -0.2) is 14.8 Å². The molecule has 0 spiro atoms. The number of anilines is 1. The van der Waals surface area contributed by atoms with E-state index in [-0.39, 0.29) is 18.0 Å². The van der Waals surface area contributed by atoms with Crippen molar-refractivity contribution >= 4 is 57.8 Å². The number of nitrogen functional groups attached to an aromatic ring is 1. The topological polar surface area (TPSA) is 143 Å².